The highest BCUT2D eigenvalue weighted by Gasteiger charge is 2.39. The number of rotatable bonds is 4. The molecule has 3 aromatic rings. The largest absolute Gasteiger partial charge is 0.497 e. The number of nitrogens with one attached hydrogen (secondary N) is 1. The first-order chi connectivity index (χ1) is 12.7. The SMILES string of the molecule is COc1ccc(N2C(=O)c3cccnc3[C@@H]2Nc2cccc(F)c2)cc1. The van der Waals surface area contributed by atoms with E-state index in [-0.39, 0.29) is 11.7 Å². The van der Waals surface area contributed by atoms with Gasteiger partial charge >= 0.3 is 0 Å². The quantitative estimate of drug-likeness (QED) is 0.773. The monoisotopic (exact) mass is 349 g/mol. The summed E-state index contributed by atoms with van der Waals surface area (Å²) in [5.41, 5.74) is 2.40. The number of carbonyl (C=O) groups is 1. The van der Waals surface area contributed by atoms with Crippen molar-refractivity contribution < 1.29 is 13.9 Å². The number of methoxy groups -OCH3 is 1. The van der Waals surface area contributed by atoms with E-state index in [0.29, 0.717) is 28.4 Å². The van der Waals surface area contributed by atoms with Gasteiger partial charge in [0.2, 0.25) is 0 Å². The third kappa shape index (κ3) is 2.75. The second kappa shape index (κ2) is 6.48. The van der Waals surface area contributed by atoms with Crippen LogP contribution >= 0.6 is 0 Å². The van der Waals surface area contributed by atoms with Crippen LogP contribution in [0, 0.1) is 5.82 Å². The number of fused-ring (bicyclic) bond motifs is 1. The number of anilines is 2. The van der Waals surface area contributed by atoms with Crippen LogP contribution in [0.15, 0.2) is 66.9 Å². The summed E-state index contributed by atoms with van der Waals surface area (Å²) in [5.74, 6) is 0.189. The van der Waals surface area contributed by atoms with Crippen molar-refractivity contribution in [3.63, 3.8) is 0 Å². The molecule has 130 valence electrons. The van der Waals surface area contributed by atoms with Gasteiger partial charge in [-0.25, -0.2) is 4.39 Å². The van der Waals surface area contributed by atoms with Crippen molar-refractivity contribution in [2.45, 2.75) is 6.17 Å². The predicted molar refractivity (Wildman–Crippen MR) is 96.8 cm³/mol. The Hall–Kier alpha value is -3.41. The highest BCUT2D eigenvalue weighted by Crippen LogP contribution is 2.37. The maximum atomic E-state index is 13.6. The molecule has 2 aromatic carbocycles. The zero-order chi connectivity index (χ0) is 18.1. The molecule has 0 unspecified atom stereocenters. The molecule has 1 aromatic heterocycles. The second-order valence-electron chi connectivity index (χ2n) is 5.87. The van der Waals surface area contributed by atoms with Crippen LogP contribution in [0.3, 0.4) is 0 Å². The molecule has 0 saturated heterocycles. The van der Waals surface area contributed by atoms with Crippen molar-refractivity contribution in [3.8, 4) is 5.75 Å². The lowest BCUT2D eigenvalue weighted by atomic mass is 10.2. The zero-order valence-corrected chi connectivity index (χ0v) is 14.0. The fourth-order valence-corrected chi connectivity index (χ4v) is 3.06. The number of carbonyl (C=O) groups excluding carboxylic acids is 1. The van der Waals surface area contributed by atoms with E-state index in [1.807, 2.05) is 12.1 Å². The number of aromatic nitrogens is 1. The third-order valence-electron chi connectivity index (χ3n) is 4.28. The van der Waals surface area contributed by atoms with Gasteiger partial charge in [-0.05, 0) is 54.6 Å². The van der Waals surface area contributed by atoms with Crippen LogP contribution in [-0.4, -0.2) is 18.0 Å². The van der Waals surface area contributed by atoms with Crippen molar-refractivity contribution in [2.24, 2.45) is 0 Å². The second-order valence-corrected chi connectivity index (χ2v) is 5.87. The maximum Gasteiger partial charge on any atom is 0.262 e. The first kappa shape index (κ1) is 16.1. The number of benzene rings is 2. The molecule has 0 spiro atoms. The van der Waals surface area contributed by atoms with Crippen LogP contribution in [0.4, 0.5) is 15.8 Å². The Kier molecular flexibility index (Phi) is 4.01. The molecule has 5 nitrogen and oxygen atoms in total. The molecule has 1 atom stereocenters. The van der Waals surface area contributed by atoms with Gasteiger partial charge in [-0.2, -0.15) is 0 Å². The Morgan fingerprint density at radius 1 is 1.12 bits per heavy atom. The van der Waals surface area contributed by atoms with Gasteiger partial charge in [0.05, 0.1) is 18.4 Å². The summed E-state index contributed by atoms with van der Waals surface area (Å²) in [6, 6.07) is 16.8. The van der Waals surface area contributed by atoms with Crippen LogP contribution in [0.1, 0.15) is 22.2 Å². The van der Waals surface area contributed by atoms with Gasteiger partial charge in [-0.3, -0.25) is 14.7 Å². The molecule has 0 aliphatic carbocycles. The van der Waals surface area contributed by atoms with Crippen molar-refractivity contribution >= 4 is 17.3 Å². The Morgan fingerprint density at radius 3 is 2.65 bits per heavy atom. The average Bonchev–Trinajstić information content (AvgIpc) is 2.94. The molecule has 2 heterocycles. The van der Waals surface area contributed by atoms with E-state index < -0.39 is 6.17 Å². The summed E-state index contributed by atoms with van der Waals surface area (Å²) in [6.07, 6.45) is 1.11. The summed E-state index contributed by atoms with van der Waals surface area (Å²) in [7, 11) is 1.59. The predicted octanol–water partition coefficient (Wildman–Crippen LogP) is 4.00. The topological polar surface area (TPSA) is 54.5 Å². The Morgan fingerprint density at radius 2 is 1.92 bits per heavy atom. The molecule has 0 bridgehead atoms. The van der Waals surface area contributed by atoms with E-state index in [9.17, 15) is 9.18 Å². The fourth-order valence-electron chi connectivity index (χ4n) is 3.06. The molecular weight excluding hydrogens is 333 g/mol. The van der Waals surface area contributed by atoms with Crippen molar-refractivity contribution in [3.05, 3.63) is 83.9 Å². The van der Waals surface area contributed by atoms with Gasteiger partial charge in [-0.15, -0.1) is 0 Å². The lowest BCUT2D eigenvalue weighted by Gasteiger charge is -2.26. The van der Waals surface area contributed by atoms with E-state index >= 15 is 0 Å². The van der Waals surface area contributed by atoms with Crippen LogP contribution in [-0.2, 0) is 0 Å². The molecule has 0 radical (unpaired) electrons. The summed E-state index contributed by atoms with van der Waals surface area (Å²) < 4.78 is 18.8. The highest BCUT2D eigenvalue weighted by molar-refractivity contribution is 6.11. The van der Waals surface area contributed by atoms with Crippen LogP contribution < -0.4 is 15.0 Å². The van der Waals surface area contributed by atoms with E-state index in [4.69, 9.17) is 4.74 Å². The van der Waals surface area contributed by atoms with Crippen molar-refractivity contribution in [2.75, 3.05) is 17.3 Å². The van der Waals surface area contributed by atoms with Gasteiger partial charge in [0.15, 0.2) is 6.17 Å². The highest BCUT2D eigenvalue weighted by atomic mass is 19.1. The first-order valence-electron chi connectivity index (χ1n) is 8.12. The van der Waals surface area contributed by atoms with E-state index in [2.05, 4.69) is 10.3 Å². The number of hydrogen-bond acceptors (Lipinski definition) is 4. The van der Waals surface area contributed by atoms with Crippen molar-refractivity contribution in [1.29, 1.82) is 0 Å². The number of amides is 1. The number of hydrogen-bond donors (Lipinski definition) is 1. The molecule has 1 amide bonds. The number of halogens is 1. The Balaban J connectivity index is 1.76. The molecule has 4 rings (SSSR count). The molecule has 1 aliphatic rings. The molecule has 6 heteroatoms. The summed E-state index contributed by atoms with van der Waals surface area (Å²) >= 11 is 0. The Bertz CT molecular complexity index is 959. The number of pyridine rings is 1. The zero-order valence-electron chi connectivity index (χ0n) is 14.0. The van der Waals surface area contributed by atoms with Gasteiger partial charge in [0, 0.05) is 17.6 Å². The molecule has 26 heavy (non-hydrogen) atoms. The summed E-state index contributed by atoms with van der Waals surface area (Å²) in [4.78, 5) is 18.9. The van der Waals surface area contributed by atoms with Crippen LogP contribution in [0.25, 0.3) is 0 Å². The summed E-state index contributed by atoms with van der Waals surface area (Å²) in [5, 5.41) is 3.22. The van der Waals surface area contributed by atoms with E-state index in [1.165, 1.54) is 12.1 Å². The Labute approximate surface area is 150 Å². The molecule has 0 saturated carbocycles. The third-order valence-corrected chi connectivity index (χ3v) is 4.28. The van der Waals surface area contributed by atoms with Gasteiger partial charge < -0.3 is 10.1 Å². The van der Waals surface area contributed by atoms with Gasteiger partial charge in [0.1, 0.15) is 11.6 Å². The van der Waals surface area contributed by atoms with Crippen molar-refractivity contribution in [1.82, 2.24) is 4.98 Å². The van der Waals surface area contributed by atoms with E-state index in [1.54, 1.807) is 54.6 Å². The van der Waals surface area contributed by atoms with Crippen LogP contribution in [0.2, 0.25) is 0 Å². The minimum absolute atomic E-state index is 0.160. The minimum Gasteiger partial charge on any atom is -0.497 e. The smallest absolute Gasteiger partial charge is 0.262 e. The molecule has 1 aliphatic heterocycles. The normalized spacial score (nSPS) is 15.7. The minimum atomic E-state index is -0.533. The first-order valence-corrected chi connectivity index (χ1v) is 8.12. The summed E-state index contributed by atoms with van der Waals surface area (Å²) in [6.45, 7) is 0. The molecule has 0 fully saturated rings. The lowest BCUT2D eigenvalue weighted by molar-refractivity contribution is 0.0993. The molecule has 1 N–H and O–H groups in total. The van der Waals surface area contributed by atoms with Gasteiger partial charge in [-0.1, -0.05) is 6.07 Å². The lowest BCUT2D eigenvalue weighted by Crippen LogP contribution is -2.32. The standard InChI is InChI=1S/C20H16FN3O2/c1-26-16-9-7-15(8-10-16)24-19(23-14-5-2-4-13(21)12-14)18-17(20(24)25)6-3-11-22-18/h2-12,19,23H,1H3/t19-/m1/s1. The number of ether oxygens (including phenoxy) is 1. The fraction of sp³-hybridized carbons (Fsp3) is 0.100. The van der Waals surface area contributed by atoms with E-state index in [0.717, 1.165) is 0 Å². The van der Waals surface area contributed by atoms with Gasteiger partial charge in [0.25, 0.3) is 5.91 Å². The maximum absolute atomic E-state index is 13.6. The van der Waals surface area contributed by atoms with Crippen LogP contribution in [0.5, 0.6) is 5.75 Å². The molecular formula is C20H16FN3O2. The average molecular weight is 349 g/mol. The number of nitrogens with zero attached hydrogens (tertiary/aromatic N) is 2.